The van der Waals surface area contributed by atoms with E-state index in [9.17, 15) is 13.5 Å². The molecule has 3 rings (SSSR count). The Hall–Kier alpha value is -2.78. The van der Waals surface area contributed by atoms with Gasteiger partial charge in [0.2, 0.25) is 15.9 Å². The lowest BCUT2D eigenvalue weighted by molar-refractivity contribution is 0.445. The van der Waals surface area contributed by atoms with E-state index >= 15 is 0 Å². The van der Waals surface area contributed by atoms with Crippen LogP contribution in [-0.2, 0) is 10.0 Å². The molecule has 0 unspecified atom stereocenters. The molecule has 0 aliphatic carbocycles. The Bertz CT molecular complexity index is 1130. The smallest absolute Gasteiger partial charge is 0.244 e. The highest BCUT2D eigenvalue weighted by Crippen LogP contribution is 2.38. The number of nitrogens with zero attached hydrogens (tertiary/aromatic N) is 4. The van der Waals surface area contributed by atoms with Crippen molar-refractivity contribution in [2.75, 3.05) is 13.1 Å². The van der Waals surface area contributed by atoms with Gasteiger partial charge in [0.15, 0.2) is 11.5 Å². The minimum absolute atomic E-state index is 0.0758. The summed E-state index contributed by atoms with van der Waals surface area (Å²) in [6.07, 6.45) is 1.27. The van der Waals surface area contributed by atoms with Gasteiger partial charge in [-0.15, -0.1) is 10.2 Å². The van der Waals surface area contributed by atoms with Crippen molar-refractivity contribution in [3.05, 3.63) is 41.6 Å². The van der Waals surface area contributed by atoms with Crippen LogP contribution in [0, 0.1) is 13.8 Å². The van der Waals surface area contributed by atoms with Gasteiger partial charge in [-0.05, 0) is 37.1 Å². The SMILES string of the molecule is CCN(CC)S(=O)(=O)c1ccc(N=Nc2c(O)[nH]c3c(C)c(C)ccc23)nc1. The monoisotopic (exact) mass is 401 g/mol. The second kappa shape index (κ2) is 7.69. The van der Waals surface area contributed by atoms with Crippen LogP contribution in [0.5, 0.6) is 5.88 Å². The maximum absolute atomic E-state index is 12.5. The van der Waals surface area contributed by atoms with Crippen LogP contribution in [0.15, 0.2) is 45.6 Å². The minimum Gasteiger partial charge on any atom is -0.493 e. The maximum atomic E-state index is 12.5. The number of nitrogens with one attached hydrogen (secondary N) is 1. The lowest BCUT2D eigenvalue weighted by Crippen LogP contribution is -2.30. The molecule has 0 saturated heterocycles. The first kappa shape index (κ1) is 20.0. The standard InChI is InChI=1S/C19H23N5O3S/c1-5-24(6-2)28(26,27)14-8-10-16(20-11-14)22-23-18-15-9-7-12(3)13(4)17(15)21-19(18)25/h7-11,21,25H,5-6H2,1-4H3. The molecule has 2 aromatic heterocycles. The van der Waals surface area contributed by atoms with Crippen LogP contribution in [-0.4, -0.2) is 40.9 Å². The summed E-state index contributed by atoms with van der Waals surface area (Å²) in [6, 6.07) is 6.77. The first-order valence-electron chi connectivity index (χ1n) is 8.98. The number of aromatic amines is 1. The van der Waals surface area contributed by atoms with Gasteiger partial charge in [-0.3, -0.25) is 0 Å². The Balaban J connectivity index is 1.91. The zero-order valence-electron chi connectivity index (χ0n) is 16.3. The van der Waals surface area contributed by atoms with Gasteiger partial charge in [-0.25, -0.2) is 13.4 Å². The zero-order chi connectivity index (χ0) is 20.5. The van der Waals surface area contributed by atoms with Gasteiger partial charge >= 0.3 is 0 Å². The van der Waals surface area contributed by atoms with Gasteiger partial charge in [0, 0.05) is 24.7 Å². The summed E-state index contributed by atoms with van der Waals surface area (Å²) >= 11 is 0. The molecule has 1 aromatic carbocycles. The fourth-order valence-electron chi connectivity index (χ4n) is 2.98. The Kier molecular flexibility index (Phi) is 5.48. The summed E-state index contributed by atoms with van der Waals surface area (Å²) in [5.74, 6) is 0.171. The molecule has 0 atom stereocenters. The number of aryl methyl sites for hydroxylation is 2. The highest BCUT2D eigenvalue weighted by Gasteiger charge is 2.21. The van der Waals surface area contributed by atoms with Gasteiger partial charge < -0.3 is 10.1 Å². The summed E-state index contributed by atoms with van der Waals surface area (Å²) in [6.45, 7) is 8.30. The normalized spacial score (nSPS) is 12.5. The third-order valence-electron chi connectivity index (χ3n) is 4.78. The minimum atomic E-state index is -3.57. The number of fused-ring (bicyclic) bond motifs is 1. The third-order valence-corrected chi connectivity index (χ3v) is 6.81. The van der Waals surface area contributed by atoms with Crippen LogP contribution in [0.3, 0.4) is 0 Å². The van der Waals surface area contributed by atoms with E-state index in [0.717, 1.165) is 22.0 Å². The molecule has 3 aromatic rings. The highest BCUT2D eigenvalue weighted by atomic mass is 32.2. The topological polar surface area (TPSA) is 111 Å². The lowest BCUT2D eigenvalue weighted by Gasteiger charge is -2.17. The van der Waals surface area contributed by atoms with Crippen LogP contribution in [0.1, 0.15) is 25.0 Å². The molecule has 0 aliphatic rings. The van der Waals surface area contributed by atoms with Crippen LogP contribution >= 0.6 is 0 Å². The van der Waals surface area contributed by atoms with Crippen LogP contribution in [0.2, 0.25) is 0 Å². The van der Waals surface area contributed by atoms with E-state index in [0.29, 0.717) is 18.8 Å². The Morgan fingerprint density at radius 1 is 1.11 bits per heavy atom. The zero-order valence-corrected chi connectivity index (χ0v) is 17.1. The van der Waals surface area contributed by atoms with Crippen LogP contribution in [0.4, 0.5) is 11.5 Å². The lowest BCUT2D eigenvalue weighted by atomic mass is 10.1. The predicted molar refractivity (Wildman–Crippen MR) is 108 cm³/mol. The average molecular weight is 401 g/mol. The molecule has 0 saturated carbocycles. The van der Waals surface area contributed by atoms with Gasteiger partial charge in [0.1, 0.15) is 4.90 Å². The number of hydrogen-bond donors (Lipinski definition) is 2. The van der Waals surface area contributed by atoms with Crippen LogP contribution in [0.25, 0.3) is 10.9 Å². The van der Waals surface area contributed by atoms with E-state index in [1.54, 1.807) is 13.8 Å². The second-order valence-electron chi connectivity index (χ2n) is 6.39. The van der Waals surface area contributed by atoms with E-state index in [4.69, 9.17) is 0 Å². The van der Waals surface area contributed by atoms with Crippen molar-refractivity contribution >= 4 is 32.4 Å². The molecule has 0 aliphatic heterocycles. The number of aromatic hydroxyl groups is 1. The third kappa shape index (κ3) is 3.50. The number of H-pyrrole nitrogens is 1. The number of benzene rings is 1. The van der Waals surface area contributed by atoms with E-state index in [1.807, 2.05) is 26.0 Å². The molecule has 28 heavy (non-hydrogen) atoms. The maximum Gasteiger partial charge on any atom is 0.244 e. The first-order chi connectivity index (χ1) is 13.3. The Labute approximate surface area is 164 Å². The predicted octanol–water partition coefficient (Wildman–Crippen LogP) is 4.33. The number of sulfonamides is 1. The summed E-state index contributed by atoms with van der Waals surface area (Å²) in [7, 11) is -3.57. The van der Waals surface area contributed by atoms with Gasteiger partial charge in [0.05, 0.1) is 5.52 Å². The largest absolute Gasteiger partial charge is 0.493 e. The van der Waals surface area contributed by atoms with E-state index < -0.39 is 10.0 Å². The molecule has 9 heteroatoms. The van der Waals surface area contributed by atoms with Gasteiger partial charge in [-0.2, -0.15) is 4.31 Å². The average Bonchev–Trinajstić information content (AvgIpc) is 3.00. The fraction of sp³-hybridized carbons (Fsp3) is 0.316. The van der Waals surface area contributed by atoms with E-state index in [2.05, 4.69) is 20.2 Å². The van der Waals surface area contributed by atoms with E-state index in [1.165, 1.54) is 22.6 Å². The molecule has 0 bridgehead atoms. The van der Waals surface area contributed by atoms with Crippen molar-refractivity contribution in [2.24, 2.45) is 10.2 Å². The number of rotatable bonds is 6. The number of aromatic nitrogens is 2. The quantitative estimate of drug-likeness (QED) is 0.599. The first-order valence-corrected chi connectivity index (χ1v) is 10.4. The van der Waals surface area contributed by atoms with E-state index in [-0.39, 0.29) is 16.6 Å². The van der Waals surface area contributed by atoms with Gasteiger partial charge in [-0.1, -0.05) is 26.0 Å². The number of hydrogen-bond acceptors (Lipinski definition) is 6. The molecule has 2 heterocycles. The molecule has 2 N–H and O–H groups in total. The van der Waals surface area contributed by atoms with Gasteiger partial charge in [0.25, 0.3) is 0 Å². The fourth-order valence-corrected chi connectivity index (χ4v) is 4.38. The van der Waals surface area contributed by atoms with Crippen molar-refractivity contribution in [1.82, 2.24) is 14.3 Å². The van der Waals surface area contributed by atoms with Crippen molar-refractivity contribution in [1.29, 1.82) is 0 Å². The van der Waals surface area contributed by atoms with Crippen molar-refractivity contribution in [3.63, 3.8) is 0 Å². The highest BCUT2D eigenvalue weighted by molar-refractivity contribution is 7.89. The second-order valence-corrected chi connectivity index (χ2v) is 8.33. The van der Waals surface area contributed by atoms with Crippen molar-refractivity contribution in [3.8, 4) is 5.88 Å². The molecule has 0 amide bonds. The van der Waals surface area contributed by atoms with Crippen molar-refractivity contribution < 1.29 is 13.5 Å². The Morgan fingerprint density at radius 2 is 1.82 bits per heavy atom. The summed E-state index contributed by atoms with van der Waals surface area (Å²) in [5, 5.41) is 19.1. The molecule has 148 valence electrons. The number of azo groups is 1. The molecule has 0 radical (unpaired) electrons. The summed E-state index contributed by atoms with van der Waals surface area (Å²) < 4.78 is 26.4. The van der Waals surface area contributed by atoms with Crippen LogP contribution < -0.4 is 0 Å². The Morgan fingerprint density at radius 3 is 2.43 bits per heavy atom. The summed E-state index contributed by atoms with van der Waals surface area (Å²) in [4.78, 5) is 7.11. The molecule has 0 fully saturated rings. The molecular weight excluding hydrogens is 378 g/mol. The number of pyridine rings is 1. The molecule has 8 nitrogen and oxygen atoms in total. The molecular formula is C19H23N5O3S. The molecule has 0 spiro atoms. The van der Waals surface area contributed by atoms with Crippen molar-refractivity contribution in [2.45, 2.75) is 32.6 Å². The summed E-state index contributed by atoms with van der Waals surface area (Å²) in [5.41, 5.74) is 3.25.